The zero-order chi connectivity index (χ0) is 15.9. The van der Waals surface area contributed by atoms with E-state index in [9.17, 15) is 14.9 Å². The number of hydrogen-bond donors (Lipinski definition) is 1. The van der Waals surface area contributed by atoms with E-state index in [1.54, 1.807) is 12.1 Å². The first-order valence-corrected chi connectivity index (χ1v) is 7.71. The summed E-state index contributed by atoms with van der Waals surface area (Å²) in [5.41, 5.74) is 0.730. The van der Waals surface area contributed by atoms with Gasteiger partial charge in [0.05, 0.1) is 4.92 Å². The van der Waals surface area contributed by atoms with Gasteiger partial charge in [0, 0.05) is 12.6 Å². The maximum Gasteiger partial charge on any atom is 0.310 e. The molecule has 1 aliphatic rings. The predicted molar refractivity (Wildman–Crippen MR) is 82.9 cm³/mol. The van der Waals surface area contributed by atoms with Crippen LogP contribution in [0.5, 0.6) is 5.75 Å². The van der Waals surface area contributed by atoms with Gasteiger partial charge < -0.3 is 10.1 Å². The lowest BCUT2D eigenvalue weighted by Gasteiger charge is -2.21. The highest BCUT2D eigenvalue weighted by Gasteiger charge is 2.17. The van der Waals surface area contributed by atoms with Crippen LogP contribution < -0.4 is 10.1 Å². The lowest BCUT2D eigenvalue weighted by Crippen LogP contribution is -2.33. The van der Waals surface area contributed by atoms with Crippen LogP contribution in [0.4, 0.5) is 5.69 Å². The fraction of sp³-hybridized carbons (Fsp3) is 0.562. The third kappa shape index (κ3) is 4.72. The maximum absolute atomic E-state index is 11.8. The van der Waals surface area contributed by atoms with Gasteiger partial charge in [-0.3, -0.25) is 14.9 Å². The molecule has 0 radical (unpaired) electrons. The summed E-state index contributed by atoms with van der Waals surface area (Å²) >= 11 is 0. The van der Waals surface area contributed by atoms with Crippen LogP contribution >= 0.6 is 0 Å². The molecule has 22 heavy (non-hydrogen) atoms. The van der Waals surface area contributed by atoms with Gasteiger partial charge >= 0.3 is 5.69 Å². The number of nitro groups is 1. The monoisotopic (exact) mass is 306 g/mol. The van der Waals surface area contributed by atoms with Crippen LogP contribution in [0, 0.1) is 23.0 Å². The summed E-state index contributed by atoms with van der Waals surface area (Å²) in [4.78, 5) is 22.2. The van der Waals surface area contributed by atoms with Crippen molar-refractivity contribution in [2.45, 2.75) is 39.0 Å². The van der Waals surface area contributed by atoms with Gasteiger partial charge in [0.15, 0.2) is 12.4 Å². The first-order valence-electron chi connectivity index (χ1n) is 7.71. The van der Waals surface area contributed by atoms with Crippen molar-refractivity contribution in [1.29, 1.82) is 0 Å². The van der Waals surface area contributed by atoms with Crippen LogP contribution in [-0.2, 0) is 4.79 Å². The second-order valence-electron chi connectivity index (χ2n) is 5.83. The van der Waals surface area contributed by atoms with Gasteiger partial charge in [-0.25, -0.2) is 0 Å². The number of ether oxygens (including phenoxy) is 1. The minimum Gasteiger partial charge on any atom is -0.477 e. The molecule has 1 saturated carbocycles. The molecule has 6 nitrogen and oxygen atoms in total. The van der Waals surface area contributed by atoms with Crippen molar-refractivity contribution in [1.82, 2.24) is 5.32 Å². The number of nitrogens with one attached hydrogen (secondary N) is 1. The molecule has 0 aromatic heterocycles. The molecule has 0 heterocycles. The van der Waals surface area contributed by atoms with E-state index < -0.39 is 4.92 Å². The van der Waals surface area contributed by atoms with E-state index in [1.165, 1.54) is 25.3 Å². The zero-order valence-corrected chi connectivity index (χ0v) is 12.8. The van der Waals surface area contributed by atoms with Crippen LogP contribution in [0.15, 0.2) is 18.2 Å². The summed E-state index contributed by atoms with van der Waals surface area (Å²) in [6.07, 6.45) is 6.05. The van der Waals surface area contributed by atoms with Crippen LogP contribution in [0.1, 0.15) is 37.7 Å². The summed E-state index contributed by atoms with van der Waals surface area (Å²) in [6.45, 7) is 2.29. The summed E-state index contributed by atoms with van der Waals surface area (Å²) in [6, 6.07) is 4.62. The number of carbonyl (C=O) groups is 1. The third-order valence-electron chi connectivity index (χ3n) is 3.98. The Morgan fingerprint density at radius 3 is 2.77 bits per heavy atom. The molecule has 0 spiro atoms. The fourth-order valence-corrected chi connectivity index (χ4v) is 2.73. The standard InChI is InChI=1S/C16H22N2O4/c1-12-7-8-14(18(20)21)15(9-12)22-11-16(19)17-10-13-5-3-2-4-6-13/h7-9,13H,2-6,10-11H2,1H3,(H,17,19). The Bertz CT molecular complexity index is 539. The van der Waals surface area contributed by atoms with Crippen LogP contribution in [0.3, 0.4) is 0 Å². The summed E-state index contributed by atoms with van der Waals surface area (Å²) in [5.74, 6) is 0.449. The number of nitrogens with zero attached hydrogens (tertiary/aromatic N) is 1. The number of hydrogen-bond acceptors (Lipinski definition) is 4. The van der Waals surface area contributed by atoms with Crippen molar-refractivity contribution in [3.8, 4) is 5.75 Å². The minimum absolute atomic E-state index is 0.120. The number of amides is 1. The van der Waals surface area contributed by atoms with E-state index in [4.69, 9.17) is 4.74 Å². The normalized spacial score (nSPS) is 15.3. The molecular weight excluding hydrogens is 284 g/mol. The molecule has 1 amide bonds. The van der Waals surface area contributed by atoms with E-state index in [-0.39, 0.29) is 24.0 Å². The maximum atomic E-state index is 11.8. The molecule has 0 saturated heterocycles. The number of aryl methyl sites for hydroxylation is 1. The van der Waals surface area contributed by atoms with E-state index in [1.807, 2.05) is 6.92 Å². The first kappa shape index (κ1) is 16.3. The number of carbonyl (C=O) groups excluding carboxylic acids is 1. The van der Waals surface area contributed by atoms with E-state index >= 15 is 0 Å². The quantitative estimate of drug-likeness (QED) is 0.647. The van der Waals surface area contributed by atoms with Gasteiger partial charge in [-0.15, -0.1) is 0 Å². The van der Waals surface area contributed by atoms with Crippen molar-refractivity contribution in [2.75, 3.05) is 13.2 Å². The van der Waals surface area contributed by atoms with Gasteiger partial charge in [0.25, 0.3) is 5.91 Å². The Labute approximate surface area is 130 Å². The molecule has 1 aromatic rings. The SMILES string of the molecule is Cc1ccc([N+](=O)[O-])c(OCC(=O)NCC2CCCCC2)c1. The summed E-state index contributed by atoms with van der Waals surface area (Å²) < 4.78 is 5.33. The molecule has 0 unspecified atom stereocenters. The summed E-state index contributed by atoms with van der Waals surface area (Å²) in [7, 11) is 0. The Morgan fingerprint density at radius 2 is 2.09 bits per heavy atom. The number of benzene rings is 1. The van der Waals surface area contributed by atoms with Gasteiger partial charge in [-0.1, -0.05) is 25.3 Å². The Balaban J connectivity index is 1.83. The second kappa shape index (κ2) is 7.77. The Morgan fingerprint density at radius 1 is 1.36 bits per heavy atom. The predicted octanol–water partition coefficient (Wildman–Crippen LogP) is 2.98. The largest absolute Gasteiger partial charge is 0.477 e. The lowest BCUT2D eigenvalue weighted by atomic mass is 9.89. The fourth-order valence-electron chi connectivity index (χ4n) is 2.73. The van der Waals surface area contributed by atoms with E-state index in [0.29, 0.717) is 12.5 Å². The highest BCUT2D eigenvalue weighted by atomic mass is 16.6. The lowest BCUT2D eigenvalue weighted by molar-refractivity contribution is -0.385. The number of nitro benzene ring substituents is 1. The molecule has 0 atom stereocenters. The second-order valence-corrected chi connectivity index (χ2v) is 5.83. The molecule has 2 rings (SSSR count). The average Bonchev–Trinajstić information content (AvgIpc) is 2.51. The van der Waals surface area contributed by atoms with Crippen molar-refractivity contribution in [2.24, 2.45) is 5.92 Å². The minimum atomic E-state index is -0.505. The average molecular weight is 306 g/mol. The zero-order valence-electron chi connectivity index (χ0n) is 12.8. The van der Waals surface area contributed by atoms with Crippen molar-refractivity contribution < 1.29 is 14.5 Å². The van der Waals surface area contributed by atoms with Gasteiger partial charge in [-0.2, -0.15) is 0 Å². The molecule has 1 N–H and O–H groups in total. The molecule has 1 aliphatic carbocycles. The topological polar surface area (TPSA) is 81.5 Å². The Kier molecular flexibility index (Phi) is 5.75. The van der Waals surface area contributed by atoms with Crippen molar-refractivity contribution in [3.63, 3.8) is 0 Å². The van der Waals surface area contributed by atoms with Crippen molar-refractivity contribution >= 4 is 11.6 Å². The Hall–Kier alpha value is -2.11. The molecule has 1 aromatic carbocycles. The molecular formula is C16H22N2O4. The van der Waals surface area contributed by atoms with Gasteiger partial charge in [0.2, 0.25) is 0 Å². The van der Waals surface area contributed by atoms with Crippen molar-refractivity contribution in [3.05, 3.63) is 33.9 Å². The smallest absolute Gasteiger partial charge is 0.310 e. The molecule has 0 aliphatic heterocycles. The van der Waals surface area contributed by atoms with Crippen LogP contribution in [0.2, 0.25) is 0 Å². The molecule has 1 fully saturated rings. The van der Waals surface area contributed by atoms with E-state index in [0.717, 1.165) is 18.4 Å². The number of rotatable bonds is 6. The van der Waals surface area contributed by atoms with Crippen LogP contribution in [0.25, 0.3) is 0 Å². The molecule has 120 valence electrons. The highest BCUT2D eigenvalue weighted by Crippen LogP contribution is 2.27. The van der Waals surface area contributed by atoms with Gasteiger partial charge in [-0.05, 0) is 37.3 Å². The summed E-state index contributed by atoms with van der Waals surface area (Å²) in [5, 5.41) is 13.8. The van der Waals surface area contributed by atoms with Gasteiger partial charge in [0.1, 0.15) is 0 Å². The van der Waals surface area contributed by atoms with E-state index in [2.05, 4.69) is 5.32 Å². The highest BCUT2D eigenvalue weighted by molar-refractivity contribution is 5.77. The third-order valence-corrected chi connectivity index (χ3v) is 3.98. The molecule has 6 heteroatoms. The first-order chi connectivity index (χ1) is 10.6. The van der Waals surface area contributed by atoms with Crippen LogP contribution in [-0.4, -0.2) is 24.0 Å². The molecule has 0 bridgehead atoms.